The van der Waals surface area contributed by atoms with Crippen molar-refractivity contribution in [3.8, 4) is 0 Å². The molecular formula is C20H22Cl3N5OS. The number of aromatic nitrogens is 2. The zero-order chi connectivity index (χ0) is 19.3. The van der Waals surface area contributed by atoms with Gasteiger partial charge in [0.1, 0.15) is 10.7 Å². The number of hydrogen-bond donors (Lipinski definition) is 3. The molecule has 1 amide bonds. The summed E-state index contributed by atoms with van der Waals surface area (Å²) in [5, 5.41) is 10.5. The molecule has 30 heavy (non-hydrogen) atoms. The highest BCUT2D eigenvalue weighted by atomic mass is 35.5. The van der Waals surface area contributed by atoms with Crippen molar-refractivity contribution in [2.75, 3.05) is 23.7 Å². The van der Waals surface area contributed by atoms with E-state index in [0.717, 1.165) is 31.7 Å². The number of para-hydroxylation sites is 1. The molecule has 0 aliphatic carbocycles. The lowest BCUT2D eigenvalue weighted by Gasteiger charge is -2.23. The molecule has 3 N–H and O–H groups in total. The number of hydrogen-bond acceptors (Lipinski definition) is 6. The van der Waals surface area contributed by atoms with Gasteiger partial charge in [-0.2, -0.15) is 0 Å². The van der Waals surface area contributed by atoms with Gasteiger partial charge in [0.05, 0.1) is 16.9 Å². The van der Waals surface area contributed by atoms with Crippen LogP contribution in [0.3, 0.4) is 0 Å². The standard InChI is InChI=1S/C20H20ClN5OS.2ClH/c21-15-3-1-2-4-16(15)25-19(27)17-12-24-20(28-17)26-18-11-14(7-10-23-18)13-5-8-22-9-6-13;;/h1-4,7,10-13,22H,5-6,8-9H2,(H,25,27)(H,23,24,26);2*1H. The summed E-state index contributed by atoms with van der Waals surface area (Å²) >= 11 is 7.37. The number of carbonyl (C=O) groups excluding carboxylic acids is 1. The number of amides is 1. The molecule has 1 fully saturated rings. The van der Waals surface area contributed by atoms with Crippen LogP contribution >= 0.6 is 47.8 Å². The van der Waals surface area contributed by atoms with Gasteiger partial charge in [0.15, 0.2) is 5.13 Å². The van der Waals surface area contributed by atoms with Gasteiger partial charge in [-0.1, -0.05) is 35.1 Å². The van der Waals surface area contributed by atoms with Crippen LogP contribution in [0.15, 0.2) is 48.8 Å². The third-order valence-electron chi connectivity index (χ3n) is 4.68. The highest BCUT2D eigenvalue weighted by Crippen LogP contribution is 2.28. The van der Waals surface area contributed by atoms with Crippen LogP contribution in [0.4, 0.5) is 16.6 Å². The molecule has 3 heterocycles. The maximum absolute atomic E-state index is 12.4. The summed E-state index contributed by atoms with van der Waals surface area (Å²) in [6, 6.07) is 11.3. The predicted octanol–water partition coefficient (Wildman–Crippen LogP) is 5.50. The van der Waals surface area contributed by atoms with E-state index in [1.54, 1.807) is 18.3 Å². The maximum Gasteiger partial charge on any atom is 0.267 e. The predicted molar refractivity (Wildman–Crippen MR) is 128 cm³/mol. The molecular weight excluding hydrogens is 465 g/mol. The van der Waals surface area contributed by atoms with Crippen LogP contribution in [0.2, 0.25) is 5.02 Å². The summed E-state index contributed by atoms with van der Waals surface area (Å²) in [7, 11) is 0. The molecule has 0 radical (unpaired) electrons. The second-order valence-corrected chi connectivity index (χ2v) is 8.03. The first-order valence-electron chi connectivity index (χ1n) is 9.14. The molecule has 0 bridgehead atoms. The van der Waals surface area contributed by atoms with Crippen LogP contribution < -0.4 is 16.0 Å². The number of benzene rings is 1. The van der Waals surface area contributed by atoms with Gasteiger partial charge in [0, 0.05) is 6.20 Å². The van der Waals surface area contributed by atoms with Crippen LogP contribution in [0, 0.1) is 0 Å². The Bertz CT molecular complexity index is 978. The summed E-state index contributed by atoms with van der Waals surface area (Å²) in [6.07, 6.45) is 5.63. The molecule has 1 saturated heterocycles. The Morgan fingerprint density at radius 2 is 1.90 bits per heavy atom. The van der Waals surface area contributed by atoms with Gasteiger partial charge >= 0.3 is 0 Å². The molecule has 160 valence electrons. The average molecular weight is 487 g/mol. The molecule has 0 unspecified atom stereocenters. The van der Waals surface area contributed by atoms with Crippen LogP contribution in [0.1, 0.15) is 34.0 Å². The fourth-order valence-corrected chi connectivity index (χ4v) is 4.12. The van der Waals surface area contributed by atoms with Gasteiger partial charge in [-0.15, -0.1) is 24.8 Å². The van der Waals surface area contributed by atoms with E-state index in [2.05, 4.69) is 38.1 Å². The number of pyridine rings is 1. The number of halogens is 3. The summed E-state index contributed by atoms with van der Waals surface area (Å²) in [5.74, 6) is 1.05. The van der Waals surface area contributed by atoms with Crippen LogP contribution in [0.25, 0.3) is 0 Å². The van der Waals surface area contributed by atoms with Crippen molar-refractivity contribution in [1.82, 2.24) is 15.3 Å². The van der Waals surface area contributed by atoms with Gasteiger partial charge in [0.2, 0.25) is 0 Å². The summed E-state index contributed by atoms with van der Waals surface area (Å²) in [4.78, 5) is 21.6. The minimum Gasteiger partial charge on any atom is -0.320 e. The molecule has 0 saturated carbocycles. The Morgan fingerprint density at radius 1 is 1.13 bits per heavy atom. The molecule has 2 aromatic heterocycles. The quantitative estimate of drug-likeness (QED) is 0.444. The van der Waals surface area contributed by atoms with Crippen LogP contribution in [-0.4, -0.2) is 29.0 Å². The zero-order valence-electron chi connectivity index (χ0n) is 15.9. The van der Waals surface area contributed by atoms with E-state index in [-0.39, 0.29) is 30.7 Å². The second-order valence-electron chi connectivity index (χ2n) is 6.59. The molecule has 3 aromatic rings. The normalized spacial score (nSPS) is 13.6. The van der Waals surface area contributed by atoms with Crippen molar-refractivity contribution in [3.05, 3.63) is 64.3 Å². The molecule has 4 rings (SSSR count). The Balaban J connectivity index is 0.00000160. The molecule has 1 aliphatic rings. The lowest BCUT2D eigenvalue weighted by Crippen LogP contribution is -2.26. The number of nitrogens with zero attached hydrogens (tertiary/aromatic N) is 2. The van der Waals surface area contributed by atoms with Crippen molar-refractivity contribution in [1.29, 1.82) is 0 Å². The summed E-state index contributed by atoms with van der Waals surface area (Å²) in [6.45, 7) is 2.10. The van der Waals surface area contributed by atoms with Gasteiger partial charge in [-0.05, 0) is 61.7 Å². The van der Waals surface area contributed by atoms with Crippen molar-refractivity contribution in [3.63, 3.8) is 0 Å². The smallest absolute Gasteiger partial charge is 0.267 e. The zero-order valence-corrected chi connectivity index (χ0v) is 19.1. The van der Waals surface area contributed by atoms with Crippen molar-refractivity contribution < 1.29 is 4.79 Å². The van der Waals surface area contributed by atoms with E-state index in [9.17, 15) is 4.79 Å². The van der Waals surface area contributed by atoms with E-state index in [1.165, 1.54) is 16.9 Å². The fourth-order valence-electron chi connectivity index (χ4n) is 3.22. The van der Waals surface area contributed by atoms with E-state index in [4.69, 9.17) is 11.6 Å². The first-order chi connectivity index (χ1) is 13.7. The number of nitrogens with one attached hydrogen (secondary N) is 3. The van der Waals surface area contributed by atoms with Crippen molar-refractivity contribution in [2.24, 2.45) is 0 Å². The molecule has 1 aliphatic heterocycles. The van der Waals surface area contributed by atoms with E-state index in [0.29, 0.717) is 26.6 Å². The number of piperidine rings is 1. The lowest BCUT2D eigenvalue weighted by molar-refractivity contribution is 0.103. The Hall–Kier alpha value is -1.90. The monoisotopic (exact) mass is 485 g/mol. The topological polar surface area (TPSA) is 78.9 Å². The lowest BCUT2D eigenvalue weighted by atomic mass is 9.91. The van der Waals surface area contributed by atoms with Crippen LogP contribution in [0.5, 0.6) is 0 Å². The van der Waals surface area contributed by atoms with Gasteiger partial charge in [-0.25, -0.2) is 9.97 Å². The Labute approximate surface area is 196 Å². The highest BCUT2D eigenvalue weighted by Gasteiger charge is 2.16. The van der Waals surface area contributed by atoms with E-state index < -0.39 is 0 Å². The minimum atomic E-state index is -0.241. The van der Waals surface area contributed by atoms with E-state index in [1.807, 2.05) is 18.3 Å². The third kappa shape index (κ3) is 6.06. The number of thiazole rings is 1. The summed E-state index contributed by atoms with van der Waals surface area (Å²) in [5.41, 5.74) is 1.86. The van der Waals surface area contributed by atoms with Gasteiger partial charge in [0.25, 0.3) is 5.91 Å². The number of carbonyl (C=O) groups is 1. The molecule has 0 atom stereocenters. The average Bonchev–Trinajstić information content (AvgIpc) is 3.19. The van der Waals surface area contributed by atoms with Gasteiger partial charge in [-0.3, -0.25) is 4.79 Å². The van der Waals surface area contributed by atoms with Crippen molar-refractivity contribution in [2.45, 2.75) is 18.8 Å². The van der Waals surface area contributed by atoms with E-state index >= 15 is 0 Å². The first-order valence-corrected chi connectivity index (χ1v) is 10.3. The Kier molecular flexibility index (Phi) is 9.33. The molecule has 10 heteroatoms. The van der Waals surface area contributed by atoms with Crippen LogP contribution in [-0.2, 0) is 0 Å². The van der Waals surface area contributed by atoms with Gasteiger partial charge < -0.3 is 16.0 Å². The fraction of sp³-hybridized carbons (Fsp3) is 0.250. The molecule has 1 aromatic carbocycles. The largest absolute Gasteiger partial charge is 0.320 e. The molecule has 0 spiro atoms. The summed E-state index contributed by atoms with van der Waals surface area (Å²) < 4.78 is 0. The SMILES string of the molecule is Cl.Cl.O=C(Nc1ccccc1Cl)c1cnc(Nc2cc(C3CCNCC3)ccn2)s1. The highest BCUT2D eigenvalue weighted by molar-refractivity contribution is 7.17. The second kappa shape index (κ2) is 11.5. The molecule has 6 nitrogen and oxygen atoms in total. The minimum absolute atomic E-state index is 0. The number of anilines is 3. The third-order valence-corrected chi connectivity index (χ3v) is 5.92. The first kappa shape index (κ1) is 24.4. The maximum atomic E-state index is 12.4. The van der Waals surface area contributed by atoms with Crippen molar-refractivity contribution >= 4 is 70.3 Å². The Morgan fingerprint density at radius 3 is 2.67 bits per heavy atom. The number of rotatable bonds is 5.